The lowest BCUT2D eigenvalue weighted by atomic mass is 9.87. The van der Waals surface area contributed by atoms with E-state index in [0.29, 0.717) is 0 Å². The zero-order valence-electron chi connectivity index (χ0n) is 12.0. The lowest BCUT2D eigenvalue weighted by Crippen LogP contribution is -2.67. The lowest BCUT2D eigenvalue weighted by molar-refractivity contribution is -0.328. The van der Waals surface area contributed by atoms with Crippen LogP contribution in [0.3, 0.4) is 0 Å². The number of hydrogen-bond acceptors (Lipinski definition) is 11. The molecule has 2 aliphatic heterocycles. The van der Waals surface area contributed by atoms with Gasteiger partial charge in [-0.05, 0) is 0 Å². The quantitative estimate of drug-likeness (QED) is 0.235. The van der Waals surface area contributed by atoms with Gasteiger partial charge in [0.2, 0.25) is 5.79 Å². The van der Waals surface area contributed by atoms with Crippen molar-refractivity contribution >= 4 is 0 Å². The van der Waals surface area contributed by atoms with Crippen LogP contribution >= 0.6 is 0 Å². The fourth-order valence-corrected chi connectivity index (χ4v) is 2.85. The monoisotopic (exact) mass is 342 g/mol. The molecule has 23 heavy (non-hydrogen) atoms. The highest BCUT2D eigenvalue weighted by Crippen LogP contribution is 2.36. The molecule has 2 saturated heterocycles. The van der Waals surface area contributed by atoms with E-state index in [1.165, 1.54) is 0 Å². The second-order valence-electron chi connectivity index (χ2n) is 5.76. The summed E-state index contributed by atoms with van der Waals surface area (Å²) in [7, 11) is 0. The number of rotatable bonds is 4. The van der Waals surface area contributed by atoms with Crippen LogP contribution in [0.4, 0.5) is 0 Å². The molecule has 136 valence electrons. The summed E-state index contributed by atoms with van der Waals surface area (Å²) in [6, 6.07) is 0. The third kappa shape index (κ3) is 2.99. The highest BCUT2D eigenvalue weighted by atomic mass is 16.7. The van der Waals surface area contributed by atoms with Gasteiger partial charge in [-0.1, -0.05) is 0 Å². The summed E-state index contributed by atoms with van der Waals surface area (Å²) in [5.74, 6) is -2.81. The first kappa shape index (κ1) is 18.9. The summed E-state index contributed by atoms with van der Waals surface area (Å²) in [5.41, 5.74) is 0. The van der Waals surface area contributed by atoms with Gasteiger partial charge in [0, 0.05) is 0 Å². The van der Waals surface area contributed by atoms with E-state index in [9.17, 15) is 35.7 Å². The maximum Gasteiger partial charge on any atom is 0.224 e. The van der Waals surface area contributed by atoms with Crippen LogP contribution in [0.15, 0.2) is 0 Å². The van der Waals surface area contributed by atoms with Crippen LogP contribution in [-0.4, -0.2) is 120 Å². The minimum absolute atomic E-state index is 0.752. The smallest absolute Gasteiger partial charge is 0.224 e. The molecule has 11 nitrogen and oxygen atoms in total. The van der Waals surface area contributed by atoms with Gasteiger partial charge < -0.3 is 55.4 Å². The average Bonchev–Trinajstić information content (AvgIpc) is 2.77. The maximum absolute atomic E-state index is 10.3. The molecule has 0 aromatic heterocycles. The highest BCUT2D eigenvalue weighted by Gasteiger charge is 2.61. The van der Waals surface area contributed by atoms with Gasteiger partial charge in [-0.15, -0.1) is 0 Å². The van der Waals surface area contributed by atoms with Crippen LogP contribution in [0.1, 0.15) is 0 Å². The molecule has 0 aromatic rings. The number of ether oxygens (including phenoxy) is 2. The zero-order valence-corrected chi connectivity index (χ0v) is 12.0. The van der Waals surface area contributed by atoms with Crippen molar-refractivity contribution in [3.63, 3.8) is 0 Å². The van der Waals surface area contributed by atoms with E-state index in [2.05, 4.69) is 0 Å². The predicted octanol–water partition coefficient (Wildman–Crippen LogP) is -6.01. The van der Waals surface area contributed by atoms with Crippen molar-refractivity contribution < 1.29 is 55.4 Å². The molecule has 2 heterocycles. The molecule has 2 fully saturated rings. The molecule has 2 rings (SSSR count). The second-order valence-corrected chi connectivity index (χ2v) is 5.76. The van der Waals surface area contributed by atoms with Gasteiger partial charge in [-0.25, -0.2) is 0 Å². The van der Waals surface area contributed by atoms with Crippen molar-refractivity contribution in [3.05, 3.63) is 0 Å². The van der Waals surface area contributed by atoms with Crippen LogP contribution in [0, 0.1) is 0 Å². The summed E-state index contributed by atoms with van der Waals surface area (Å²) < 4.78 is 9.94. The van der Waals surface area contributed by atoms with Crippen LogP contribution in [0.25, 0.3) is 0 Å². The highest BCUT2D eigenvalue weighted by molar-refractivity contribution is 5.05. The Labute approximate surface area is 130 Å². The average molecular weight is 342 g/mol. The first-order chi connectivity index (χ1) is 10.7. The molecule has 2 aliphatic rings. The van der Waals surface area contributed by atoms with Crippen molar-refractivity contribution in [2.24, 2.45) is 0 Å². The lowest BCUT2D eigenvalue weighted by Gasteiger charge is -2.45. The van der Waals surface area contributed by atoms with Crippen LogP contribution < -0.4 is 0 Å². The summed E-state index contributed by atoms with van der Waals surface area (Å²) in [4.78, 5) is 0. The van der Waals surface area contributed by atoms with E-state index in [1.807, 2.05) is 0 Å². The van der Waals surface area contributed by atoms with E-state index >= 15 is 0 Å². The molecule has 0 amide bonds. The predicted molar refractivity (Wildman–Crippen MR) is 68.7 cm³/mol. The molecule has 0 radical (unpaired) electrons. The fraction of sp³-hybridized carbons (Fsp3) is 1.00. The molecule has 0 bridgehead atoms. The van der Waals surface area contributed by atoms with Crippen molar-refractivity contribution in [1.82, 2.24) is 0 Å². The second kappa shape index (κ2) is 6.82. The third-order valence-corrected chi connectivity index (χ3v) is 4.31. The van der Waals surface area contributed by atoms with Gasteiger partial charge >= 0.3 is 0 Å². The molecular formula is C12H22O11. The Bertz CT molecular complexity index is 406. The Hall–Kier alpha value is -0.440. The molecule has 0 aromatic carbocycles. The van der Waals surface area contributed by atoms with Crippen molar-refractivity contribution in [3.8, 4) is 0 Å². The molecule has 10 atom stereocenters. The number of hydrogen-bond donors (Lipinski definition) is 9. The summed E-state index contributed by atoms with van der Waals surface area (Å²) in [6.45, 7) is -1.51. The summed E-state index contributed by atoms with van der Waals surface area (Å²) >= 11 is 0. The molecule has 3 unspecified atom stereocenters. The fourth-order valence-electron chi connectivity index (χ4n) is 2.85. The standard InChI is InChI=1S/C12H22O11/c13-1-3-5(15)7(17)8(18)9(22-3)11(20)12(21)10(19)6(16)4(2-14)23-12/h3-11,13-21H,1-2H2/t3-,4-,5-,6-,7+,8-,9?,10+,11?,12?/m1/s1. The number of aliphatic hydroxyl groups excluding tert-OH is 8. The molecule has 0 spiro atoms. The van der Waals surface area contributed by atoms with Gasteiger partial charge in [0.25, 0.3) is 0 Å². The molecule has 11 heteroatoms. The molecule has 0 saturated carbocycles. The van der Waals surface area contributed by atoms with Crippen molar-refractivity contribution in [2.45, 2.75) is 60.7 Å². The first-order valence-electron chi connectivity index (χ1n) is 7.04. The van der Waals surface area contributed by atoms with Gasteiger partial charge in [0.1, 0.15) is 54.9 Å². The maximum atomic E-state index is 10.3. The minimum atomic E-state index is -2.81. The summed E-state index contributed by atoms with van der Waals surface area (Å²) in [6.07, 6.45) is -15.8. The normalized spacial score (nSPS) is 52.6. The zero-order chi connectivity index (χ0) is 17.5. The van der Waals surface area contributed by atoms with Crippen LogP contribution in [0.5, 0.6) is 0 Å². The Kier molecular flexibility index (Phi) is 5.60. The molecule has 0 aliphatic carbocycles. The van der Waals surface area contributed by atoms with E-state index in [4.69, 9.17) is 19.7 Å². The Morgan fingerprint density at radius 1 is 0.826 bits per heavy atom. The molecule has 9 N–H and O–H groups in total. The Morgan fingerprint density at radius 2 is 1.39 bits per heavy atom. The van der Waals surface area contributed by atoms with Gasteiger partial charge in [0.05, 0.1) is 13.2 Å². The van der Waals surface area contributed by atoms with E-state index < -0.39 is 73.9 Å². The van der Waals surface area contributed by atoms with Crippen LogP contribution in [-0.2, 0) is 9.47 Å². The van der Waals surface area contributed by atoms with Crippen LogP contribution in [0.2, 0.25) is 0 Å². The molecular weight excluding hydrogens is 320 g/mol. The topological polar surface area (TPSA) is 201 Å². The Balaban J connectivity index is 2.23. The SMILES string of the molecule is OC[C@H]1OC(O)(C(O)C2O[C@H](CO)[C@@H](O)[C@H](O)[C@H]2O)[C@@H](O)[C@@H]1O. The van der Waals surface area contributed by atoms with Crippen molar-refractivity contribution in [2.75, 3.05) is 13.2 Å². The number of aliphatic hydroxyl groups is 9. The van der Waals surface area contributed by atoms with Gasteiger partial charge in [0.15, 0.2) is 0 Å². The van der Waals surface area contributed by atoms with E-state index in [-0.39, 0.29) is 0 Å². The third-order valence-electron chi connectivity index (χ3n) is 4.31. The summed E-state index contributed by atoms with van der Waals surface area (Å²) in [5, 5.41) is 87.4. The van der Waals surface area contributed by atoms with E-state index in [0.717, 1.165) is 0 Å². The Morgan fingerprint density at radius 3 is 1.87 bits per heavy atom. The van der Waals surface area contributed by atoms with E-state index in [1.54, 1.807) is 0 Å². The first-order valence-corrected chi connectivity index (χ1v) is 7.04. The largest absolute Gasteiger partial charge is 0.394 e. The minimum Gasteiger partial charge on any atom is -0.394 e. The van der Waals surface area contributed by atoms with Gasteiger partial charge in [-0.2, -0.15) is 0 Å². The van der Waals surface area contributed by atoms with Crippen molar-refractivity contribution in [1.29, 1.82) is 0 Å². The van der Waals surface area contributed by atoms with Gasteiger partial charge in [-0.3, -0.25) is 0 Å².